The number of esters is 2. The molecule has 5 heterocycles. The molecule has 8 rings (SSSR count). The predicted molar refractivity (Wildman–Crippen MR) is 281 cm³/mol. The number of ether oxygens (including phenoxy) is 3. The Balaban J connectivity index is 0.729. The summed E-state index contributed by atoms with van der Waals surface area (Å²) in [5.41, 5.74) is 0.187. The number of nitriles is 1. The minimum atomic E-state index is -1.32. The minimum Gasteiger partial charge on any atom is -0.490 e. The molecule has 1 aromatic heterocycles. The number of piperazine rings is 1. The molecule has 3 aromatic rings. The van der Waals surface area contributed by atoms with Gasteiger partial charge >= 0.3 is 11.9 Å². The highest BCUT2D eigenvalue weighted by Crippen LogP contribution is 2.35. The molecule has 1 aliphatic carbocycles. The Morgan fingerprint density at radius 2 is 1.44 bits per heavy atom. The number of rotatable bonds is 20. The largest absolute Gasteiger partial charge is 0.490 e. The van der Waals surface area contributed by atoms with Gasteiger partial charge in [0, 0.05) is 77.2 Å². The predicted octanol–water partition coefficient (Wildman–Crippen LogP) is 7.38. The fraction of sp³-hybridized carbons (Fsp3) is 0.571. The lowest BCUT2D eigenvalue weighted by Crippen LogP contribution is -2.56. The fourth-order valence-electron chi connectivity index (χ4n) is 10.8. The molecule has 77 heavy (non-hydrogen) atoms. The SMILES string of the molecule is CC(C)(C)OC(=O)CCCCCCCCC(=O)OCN1C(=O)CCC(N2C(=O)c3cc(F)c(N4CCN(CC5CCN(c6ccc(C(=O)NC7CCC(Oc8ccc(C#N)c(Cl)c8)CC7)nn6)CC5)CC4)cc3C2=O)C1=O. The van der Waals surface area contributed by atoms with E-state index in [1.807, 2.05) is 37.8 Å². The highest BCUT2D eigenvalue weighted by Gasteiger charge is 2.48. The van der Waals surface area contributed by atoms with Crippen molar-refractivity contribution in [2.75, 3.05) is 62.3 Å². The van der Waals surface area contributed by atoms with Crippen LogP contribution in [-0.4, -0.2) is 143 Å². The zero-order chi connectivity index (χ0) is 54.8. The van der Waals surface area contributed by atoms with Crippen LogP contribution in [0.4, 0.5) is 15.9 Å². The van der Waals surface area contributed by atoms with E-state index in [4.69, 9.17) is 31.1 Å². The first-order valence-corrected chi connectivity index (χ1v) is 27.5. The van der Waals surface area contributed by atoms with E-state index in [1.54, 1.807) is 24.3 Å². The van der Waals surface area contributed by atoms with Gasteiger partial charge in [0.15, 0.2) is 18.2 Å². The second-order valence-electron chi connectivity index (χ2n) is 21.7. The van der Waals surface area contributed by atoms with Crippen LogP contribution in [0, 0.1) is 23.1 Å². The summed E-state index contributed by atoms with van der Waals surface area (Å²) in [4.78, 5) is 99.6. The summed E-state index contributed by atoms with van der Waals surface area (Å²) in [6.07, 6.45) is 9.70. The molecule has 0 spiro atoms. The van der Waals surface area contributed by atoms with Crippen molar-refractivity contribution in [3.63, 3.8) is 0 Å². The highest BCUT2D eigenvalue weighted by atomic mass is 35.5. The normalized spacial score (nSPS) is 20.5. The van der Waals surface area contributed by atoms with Crippen molar-refractivity contribution < 1.29 is 52.2 Å². The fourth-order valence-corrected chi connectivity index (χ4v) is 11.0. The molecule has 1 unspecified atom stereocenters. The third-order valence-corrected chi connectivity index (χ3v) is 15.3. The molecule has 21 heteroatoms. The summed E-state index contributed by atoms with van der Waals surface area (Å²) in [7, 11) is 0. The van der Waals surface area contributed by atoms with E-state index in [-0.39, 0.29) is 65.8 Å². The van der Waals surface area contributed by atoms with Gasteiger partial charge in [-0.2, -0.15) is 5.26 Å². The second kappa shape index (κ2) is 25.6. The standard InChI is InChI=1S/C56H69ClFN9O10/c1-56(2,3)77-51(70)11-9-7-5-4-6-8-10-50(69)75-35-66-49(68)21-19-46(55(66)74)67-53(72)41-31-44(58)47(32-42(41)54(67)73)64-28-26-63(27-29-64)34-36-22-24-65(25-23-36)48-20-18-45(61-62-48)52(71)60-38-13-16-39(17-14-38)76-40-15-12-37(33-59)43(57)30-40/h12,15,18,20,30-32,36,38-39,46H,4-11,13-14,16-17,19,21-29,34-35H2,1-3H3,(H,60,71). The van der Waals surface area contributed by atoms with Gasteiger partial charge < -0.3 is 29.3 Å². The van der Waals surface area contributed by atoms with Crippen molar-refractivity contribution in [2.24, 2.45) is 5.92 Å². The maximum atomic E-state index is 15.8. The average molecular weight is 1080 g/mol. The summed E-state index contributed by atoms with van der Waals surface area (Å²) in [6.45, 7) is 9.61. The van der Waals surface area contributed by atoms with E-state index in [2.05, 4.69) is 25.3 Å². The molecule has 0 bridgehead atoms. The molecular formula is C56H69ClFN9O10. The molecule has 412 valence electrons. The molecular weight excluding hydrogens is 1010 g/mol. The van der Waals surface area contributed by atoms with E-state index < -0.39 is 53.8 Å². The topological polar surface area (TPSA) is 225 Å². The Bertz CT molecular complexity index is 2710. The number of piperidine rings is 2. The lowest BCUT2D eigenvalue weighted by atomic mass is 9.93. The number of likely N-dealkylation sites (tertiary alicyclic amines) is 1. The minimum absolute atomic E-state index is 0.00672. The van der Waals surface area contributed by atoms with Crippen molar-refractivity contribution >= 4 is 64.6 Å². The number of aromatic nitrogens is 2. The maximum absolute atomic E-state index is 15.8. The lowest BCUT2D eigenvalue weighted by molar-refractivity contribution is -0.164. The molecule has 2 aromatic carbocycles. The van der Waals surface area contributed by atoms with Gasteiger partial charge in [-0.25, -0.2) is 9.29 Å². The van der Waals surface area contributed by atoms with Crippen LogP contribution in [0.1, 0.15) is 160 Å². The quantitative estimate of drug-likeness (QED) is 0.0662. The third-order valence-electron chi connectivity index (χ3n) is 15.0. The highest BCUT2D eigenvalue weighted by molar-refractivity contribution is 6.31. The van der Waals surface area contributed by atoms with Gasteiger partial charge in [-0.3, -0.25) is 43.4 Å². The summed E-state index contributed by atoms with van der Waals surface area (Å²) in [5, 5.41) is 21.2. The van der Waals surface area contributed by atoms with Crippen LogP contribution in [0.2, 0.25) is 5.02 Å². The van der Waals surface area contributed by atoms with Gasteiger partial charge in [-0.1, -0.05) is 37.3 Å². The number of nitrogens with one attached hydrogen (secondary N) is 1. The number of imide groups is 2. The number of benzene rings is 2. The molecule has 5 aliphatic rings. The Labute approximate surface area is 453 Å². The van der Waals surface area contributed by atoms with Crippen molar-refractivity contribution in [1.29, 1.82) is 5.26 Å². The average Bonchev–Trinajstić information content (AvgIpc) is 3.64. The number of hydrogen-bond acceptors (Lipinski definition) is 16. The summed E-state index contributed by atoms with van der Waals surface area (Å²) >= 11 is 6.16. The van der Waals surface area contributed by atoms with E-state index in [9.17, 15) is 33.6 Å². The van der Waals surface area contributed by atoms with Crippen LogP contribution in [0.15, 0.2) is 42.5 Å². The molecule has 4 fully saturated rings. The third kappa shape index (κ3) is 14.7. The van der Waals surface area contributed by atoms with Crippen LogP contribution in [0.5, 0.6) is 5.75 Å². The van der Waals surface area contributed by atoms with E-state index in [0.29, 0.717) is 61.3 Å². The number of fused-ring (bicyclic) bond motifs is 1. The van der Waals surface area contributed by atoms with Gasteiger partial charge in [-0.15, -0.1) is 10.2 Å². The van der Waals surface area contributed by atoms with Gasteiger partial charge in [0.25, 0.3) is 23.6 Å². The molecule has 5 amide bonds. The Morgan fingerprint density at radius 3 is 2.08 bits per heavy atom. The van der Waals surface area contributed by atoms with Crippen LogP contribution in [0.3, 0.4) is 0 Å². The summed E-state index contributed by atoms with van der Waals surface area (Å²) in [6, 6.07) is 11.8. The van der Waals surface area contributed by atoms with E-state index >= 15 is 4.39 Å². The van der Waals surface area contributed by atoms with Crippen molar-refractivity contribution in [3.05, 3.63) is 75.7 Å². The number of nitrogens with zero attached hydrogens (tertiary/aromatic N) is 8. The Hall–Kier alpha value is -6.72. The first-order chi connectivity index (χ1) is 36.9. The maximum Gasteiger partial charge on any atom is 0.307 e. The van der Waals surface area contributed by atoms with Crippen molar-refractivity contribution in [3.8, 4) is 11.8 Å². The zero-order valence-corrected chi connectivity index (χ0v) is 45.0. The molecule has 0 radical (unpaired) electrons. The molecule has 4 aliphatic heterocycles. The number of halogens is 2. The molecule has 3 saturated heterocycles. The number of hydrogen-bond donors (Lipinski definition) is 1. The van der Waals surface area contributed by atoms with Gasteiger partial charge in [0.2, 0.25) is 5.91 Å². The zero-order valence-electron chi connectivity index (χ0n) is 44.2. The van der Waals surface area contributed by atoms with Gasteiger partial charge in [0.1, 0.15) is 29.3 Å². The molecule has 1 N–H and O–H groups in total. The van der Waals surface area contributed by atoms with Crippen LogP contribution < -0.4 is 19.9 Å². The van der Waals surface area contributed by atoms with Gasteiger partial charge in [0.05, 0.1) is 33.5 Å². The van der Waals surface area contributed by atoms with E-state index in [0.717, 1.165) is 112 Å². The number of anilines is 2. The van der Waals surface area contributed by atoms with E-state index in [1.165, 1.54) is 6.07 Å². The molecule has 19 nitrogen and oxygen atoms in total. The first-order valence-electron chi connectivity index (χ1n) is 27.1. The molecule has 1 atom stereocenters. The van der Waals surface area contributed by atoms with Crippen LogP contribution >= 0.6 is 11.6 Å². The smallest absolute Gasteiger partial charge is 0.307 e. The number of unbranched alkanes of at least 4 members (excludes halogenated alkanes) is 5. The van der Waals surface area contributed by atoms with Crippen LogP contribution in [0.25, 0.3) is 0 Å². The van der Waals surface area contributed by atoms with Gasteiger partial charge in [-0.05, 0) is 121 Å². The first kappa shape index (κ1) is 56.5. The van der Waals surface area contributed by atoms with Crippen molar-refractivity contribution in [2.45, 2.75) is 147 Å². The number of amides is 5. The lowest BCUT2D eigenvalue weighted by Gasteiger charge is -2.39. The monoisotopic (exact) mass is 1080 g/mol. The van der Waals surface area contributed by atoms with Crippen molar-refractivity contribution in [1.82, 2.24) is 30.2 Å². The van der Waals surface area contributed by atoms with Crippen LogP contribution in [-0.2, 0) is 28.7 Å². The Morgan fingerprint density at radius 1 is 0.779 bits per heavy atom. The number of carbonyl (C=O) groups excluding carboxylic acids is 7. The summed E-state index contributed by atoms with van der Waals surface area (Å²) in [5.74, 6) is -2.95. The second-order valence-corrected chi connectivity index (χ2v) is 22.1. The molecule has 1 saturated carbocycles. The summed E-state index contributed by atoms with van der Waals surface area (Å²) < 4.78 is 32.6. The number of carbonyl (C=O) groups is 7. The Kier molecular flexibility index (Phi) is 18.8.